The van der Waals surface area contributed by atoms with Crippen molar-refractivity contribution in [2.24, 2.45) is 5.73 Å². The second kappa shape index (κ2) is 5.90. The molecule has 2 aromatic carbocycles. The summed E-state index contributed by atoms with van der Waals surface area (Å²) >= 11 is 1.89. The average molecular weight is 285 g/mol. The van der Waals surface area contributed by atoms with Gasteiger partial charge in [-0.15, -0.1) is 11.8 Å². The zero-order valence-electron chi connectivity index (χ0n) is 11.6. The fraction of sp³-hybridized carbons (Fsp3) is 0.294. The van der Waals surface area contributed by atoms with E-state index in [1.807, 2.05) is 23.9 Å². The third-order valence-electron chi connectivity index (χ3n) is 3.84. The molecule has 0 saturated carbocycles. The molecule has 1 aliphatic rings. The van der Waals surface area contributed by atoms with Gasteiger partial charge in [-0.3, -0.25) is 0 Å². The van der Waals surface area contributed by atoms with Crippen LogP contribution >= 0.6 is 11.8 Å². The van der Waals surface area contributed by atoms with Gasteiger partial charge in [-0.05, 0) is 48.2 Å². The van der Waals surface area contributed by atoms with E-state index < -0.39 is 0 Å². The van der Waals surface area contributed by atoms with Crippen LogP contribution in [0.1, 0.15) is 23.6 Å². The first-order valence-electron chi connectivity index (χ1n) is 6.92. The predicted molar refractivity (Wildman–Crippen MR) is 84.3 cm³/mol. The van der Waals surface area contributed by atoms with Crippen LogP contribution in [0.3, 0.4) is 0 Å². The van der Waals surface area contributed by atoms with Gasteiger partial charge in [0.1, 0.15) is 5.75 Å². The number of benzene rings is 2. The highest BCUT2D eigenvalue weighted by atomic mass is 32.2. The van der Waals surface area contributed by atoms with E-state index >= 15 is 0 Å². The Hall–Kier alpha value is -1.45. The van der Waals surface area contributed by atoms with Crippen molar-refractivity contribution in [3.63, 3.8) is 0 Å². The van der Waals surface area contributed by atoms with Crippen LogP contribution in [-0.4, -0.2) is 12.4 Å². The topological polar surface area (TPSA) is 35.2 Å². The minimum Gasteiger partial charge on any atom is -0.497 e. The number of nitrogens with two attached hydrogens (primary N) is 1. The summed E-state index contributed by atoms with van der Waals surface area (Å²) in [6, 6.07) is 16.9. The third kappa shape index (κ3) is 2.69. The summed E-state index contributed by atoms with van der Waals surface area (Å²) in [5.41, 5.74) is 9.07. The highest BCUT2D eigenvalue weighted by Crippen LogP contribution is 2.39. The Morgan fingerprint density at radius 1 is 1.15 bits per heavy atom. The van der Waals surface area contributed by atoms with Crippen molar-refractivity contribution in [2.75, 3.05) is 7.11 Å². The lowest BCUT2D eigenvalue weighted by Crippen LogP contribution is -2.29. The number of aryl methyl sites for hydroxylation is 1. The molecule has 0 saturated heterocycles. The number of fused-ring (bicyclic) bond motifs is 1. The van der Waals surface area contributed by atoms with Crippen molar-refractivity contribution in [3.8, 4) is 5.75 Å². The first kappa shape index (κ1) is 13.5. The second-order valence-electron chi connectivity index (χ2n) is 5.10. The molecule has 20 heavy (non-hydrogen) atoms. The van der Waals surface area contributed by atoms with Crippen LogP contribution in [0.15, 0.2) is 53.4 Å². The minimum absolute atomic E-state index is 0.0925. The van der Waals surface area contributed by atoms with E-state index in [2.05, 4.69) is 36.4 Å². The summed E-state index contributed by atoms with van der Waals surface area (Å²) in [6.07, 6.45) is 2.19. The summed E-state index contributed by atoms with van der Waals surface area (Å²) in [6.45, 7) is 0. The van der Waals surface area contributed by atoms with Crippen molar-refractivity contribution < 1.29 is 4.74 Å². The third-order valence-corrected chi connectivity index (χ3v) is 5.21. The first-order chi connectivity index (χ1) is 9.78. The number of hydrogen-bond donors (Lipinski definition) is 1. The summed E-state index contributed by atoms with van der Waals surface area (Å²) in [4.78, 5) is 1.30. The Kier molecular flexibility index (Phi) is 3.99. The van der Waals surface area contributed by atoms with Crippen molar-refractivity contribution in [2.45, 2.75) is 29.0 Å². The molecule has 2 unspecified atom stereocenters. The molecular weight excluding hydrogens is 266 g/mol. The molecule has 3 heteroatoms. The van der Waals surface area contributed by atoms with E-state index in [0.29, 0.717) is 5.25 Å². The van der Waals surface area contributed by atoms with Gasteiger partial charge in [-0.2, -0.15) is 0 Å². The van der Waals surface area contributed by atoms with Gasteiger partial charge in [0, 0.05) is 16.2 Å². The van der Waals surface area contributed by atoms with Gasteiger partial charge in [0.2, 0.25) is 0 Å². The number of rotatable bonds is 3. The van der Waals surface area contributed by atoms with Gasteiger partial charge in [-0.1, -0.05) is 24.3 Å². The largest absolute Gasteiger partial charge is 0.497 e. The Bertz CT molecular complexity index is 585. The van der Waals surface area contributed by atoms with E-state index in [-0.39, 0.29) is 6.04 Å². The predicted octanol–water partition coefficient (Wildman–Crippen LogP) is 3.80. The molecule has 0 spiro atoms. The van der Waals surface area contributed by atoms with Crippen LogP contribution in [0, 0.1) is 0 Å². The van der Waals surface area contributed by atoms with E-state index in [1.165, 1.54) is 16.0 Å². The molecule has 0 amide bonds. The van der Waals surface area contributed by atoms with Crippen LogP contribution in [-0.2, 0) is 6.42 Å². The first-order valence-corrected chi connectivity index (χ1v) is 7.80. The molecule has 0 heterocycles. The normalized spacial score (nSPS) is 21.3. The van der Waals surface area contributed by atoms with Crippen LogP contribution < -0.4 is 10.5 Å². The van der Waals surface area contributed by atoms with Gasteiger partial charge in [-0.25, -0.2) is 0 Å². The Balaban J connectivity index is 1.80. The Morgan fingerprint density at radius 2 is 1.95 bits per heavy atom. The smallest absolute Gasteiger partial charge is 0.119 e. The summed E-state index contributed by atoms with van der Waals surface area (Å²) in [7, 11) is 1.71. The van der Waals surface area contributed by atoms with Gasteiger partial charge in [0.15, 0.2) is 0 Å². The van der Waals surface area contributed by atoms with Crippen LogP contribution in [0.2, 0.25) is 0 Å². The highest BCUT2D eigenvalue weighted by Gasteiger charge is 2.27. The summed E-state index contributed by atoms with van der Waals surface area (Å²) < 4.78 is 5.29. The lowest BCUT2D eigenvalue weighted by Gasteiger charge is -2.30. The number of hydrogen-bond acceptors (Lipinski definition) is 3. The average Bonchev–Trinajstić information content (AvgIpc) is 2.51. The SMILES string of the molecule is COc1ccc2c(c1)CCC(Sc1ccccc1)C2N. The molecule has 0 aliphatic heterocycles. The molecule has 104 valence electrons. The molecule has 0 bridgehead atoms. The van der Waals surface area contributed by atoms with E-state index in [0.717, 1.165) is 18.6 Å². The molecule has 2 N–H and O–H groups in total. The lowest BCUT2D eigenvalue weighted by molar-refractivity contribution is 0.413. The zero-order chi connectivity index (χ0) is 13.9. The maximum Gasteiger partial charge on any atom is 0.119 e. The molecule has 0 fully saturated rings. The molecular formula is C17H19NOS. The number of thioether (sulfide) groups is 1. The highest BCUT2D eigenvalue weighted by molar-refractivity contribution is 8.00. The second-order valence-corrected chi connectivity index (χ2v) is 6.41. The number of ether oxygens (including phenoxy) is 1. The van der Waals surface area contributed by atoms with Crippen molar-refractivity contribution in [1.82, 2.24) is 0 Å². The van der Waals surface area contributed by atoms with E-state index in [1.54, 1.807) is 7.11 Å². The molecule has 1 aliphatic carbocycles. The van der Waals surface area contributed by atoms with Crippen LogP contribution in [0.25, 0.3) is 0 Å². The van der Waals surface area contributed by atoms with Crippen molar-refractivity contribution >= 4 is 11.8 Å². The van der Waals surface area contributed by atoms with Crippen molar-refractivity contribution in [1.29, 1.82) is 0 Å². The quantitative estimate of drug-likeness (QED) is 0.931. The standard InChI is InChI=1S/C17H19NOS/c1-19-13-8-9-15-12(11-13)7-10-16(17(15)18)20-14-5-3-2-4-6-14/h2-6,8-9,11,16-17H,7,10,18H2,1H3. The summed E-state index contributed by atoms with van der Waals surface area (Å²) in [5, 5.41) is 0.443. The molecule has 2 atom stereocenters. The fourth-order valence-electron chi connectivity index (χ4n) is 2.73. The number of methoxy groups -OCH3 is 1. The zero-order valence-corrected chi connectivity index (χ0v) is 12.4. The van der Waals surface area contributed by atoms with E-state index in [4.69, 9.17) is 10.5 Å². The van der Waals surface area contributed by atoms with Crippen molar-refractivity contribution in [3.05, 3.63) is 59.7 Å². The molecule has 3 rings (SSSR count). The molecule has 0 radical (unpaired) electrons. The lowest BCUT2D eigenvalue weighted by atomic mass is 9.87. The molecule has 2 nitrogen and oxygen atoms in total. The van der Waals surface area contributed by atoms with Gasteiger partial charge < -0.3 is 10.5 Å². The minimum atomic E-state index is 0.0925. The Labute approximate surface area is 124 Å². The summed E-state index contributed by atoms with van der Waals surface area (Å²) in [5.74, 6) is 0.921. The maximum atomic E-state index is 6.47. The monoisotopic (exact) mass is 285 g/mol. The van der Waals surface area contributed by atoms with Gasteiger partial charge in [0.25, 0.3) is 0 Å². The van der Waals surface area contributed by atoms with E-state index in [9.17, 15) is 0 Å². The van der Waals surface area contributed by atoms with Crippen LogP contribution in [0.4, 0.5) is 0 Å². The van der Waals surface area contributed by atoms with Gasteiger partial charge >= 0.3 is 0 Å². The maximum absolute atomic E-state index is 6.47. The van der Waals surface area contributed by atoms with Crippen LogP contribution in [0.5, 0.6) is 5.75 Å². The Morgan fingerprint density at radius 3 is 2.70 bits per heavy atom. The van der Waals surface area contributed by atoms with Gasteiger partial charge in [0.05, 0.1) is 7.11 Å². The molecule has 0 aromatic heterocycles. The molecule has 2 aromatic rings. The fourth-order valence-corrected chi connectivity index (χ4v) is 3.93.